The molecule has 2 nitrogen and oxygen atoms in total. The van der Waals surface area contributed by atoms with Crippen molar-refractivity contribution in [2.24, 2.45) is 0 Å². The van der Waals surface area contributed by atoms with Crippen LogP contribution in [0, 0.1) is 0 Å². The van der Waals surface area contributed by atoms with Crippen LogP contribution in [0.25, 0.3) is 0 Å². The van der Waals surface area contributed by atoms with E-state index in [0.717, 1.165) is 0 Å². The molecule has 0 aliphatic carbocycles. The molecule has 0 spiro atoms. The summed E-state index contributed by atoms with van der Waals surface area (Å²) in [5, 5.41) is -6.32. The average molecular weight is 366 g/mol. The molecule has 1 fully saturated rings. The van der Waals surface area contributed by atoms with Crippen LogP contribution in [-0.2, 0) is 4.74 Å². The number of alkyl halides is 13. The van der Waals surface area contributed by atoms with Gasteiger partial charge in [-0.2, -0.15) is 52.7 Å². The molecule has 0 bridgehead atoms. The van der Waals surface area contributed by atoms with Crippen LogP contribution in [0.2, 0.25) is 0 Å². The highest BCUT2D eigenvalue weighted by Gasteiger charge is 2.89. The summed E-state index contributed by atoms with van der Waals surface area (Å²) in [7, 11) is 0. The van der Waals surface area contributed by atoms with Crippen molar-refractivity contribution in [2.45, 2.75) is 35.7 Å². The van der Waals surface area contributed by atoms with Crippen LogP contribution in [0.3, 0.4) is 0 Å². The molecule has 0 N–H and O–H groups in total. The predicted octanol–water partition coefficient (Wildman–Crippen LogP) is 4.11. The Morgan fingerprint density at radius 2 is 1.00 bits per heavy atom. The van der Waals surface area contributed by atoms with E-state index in [1.165, 1.54) is 0 Å². The molecule has 0 aromatic heterocycles. The molecular formula is C6ClF12NO. The van der Waals surface area contributed by atoms with Crippen molar-refractivity contribution < 1.29 is 57.4 Å². The molecule has 1 aliphatic rings. The van der Waals surface area contributed by atoms with Crippen LogP contribution in [0.1, 0.15) is 0 Å². The number of hydrogen-bond donors (Lipinski definition) is 0. The molecule has 0 atom stereocenters. The molecule has 1 rings (SSSR count). The fourth-order valence-electron chi connectivity index (χ4n) is 1.20. The zero-order chi connectivity index (χ0) is 17.3. The monoisotopic (exact) mass is 365 g/mol. The highest BCUT2D eigenvalue weighted by atomic mass is 35.5. The zero-order valence-electron chi connectivity index (χ0n) is 8.77. The van der Waals surface area contributed by atoms with E-state index < -0.39 is 40.6 Å². The van der Waals surface area contributed by atoms with Gasteiger partial charge in [-0.3, -0.25) is 0 Å². The molecule has 1 saturated heterocycles. The van der Waals surface area contributed by atoms with Crippen molar-refractivity contribution in [2.75, 3.05) is 0 Å². The first-order chi connectivity index (χ1) is 8.82. The van der Waals surface area contributed by atoms with Crippen molar-refractivity contribution in [1.82, 2.24) is 4.90 Å². The normalized spacial score (nSPS) is 28.4. The van der Waals surface area contributed by atoms with E-state index in [0.29, 0.717) is 0 Å². The van der Waals surface area contributed by atoms with Crippen LogP contribution in [0.4, 0.5) is 52.7 Å². The first-order valence-corrected chi connectivity index (χ1v) is 4.66. The third-order valence-electron chi connectivity index (χ3n) is 2.14. The van der Waals surface area contributed by atoms with Gasteiger partial charge in [0.2, 0.25) is 0 Å². The average Bonchev–Trinajstić information content (AvgIpc) is 2.09. The van der Waals surface area contributed by atoms with Crippen LogP contribution in [0.15, 0.2) is 0 Å². The van der Waals surface area contributed by atoms with Crippen LogP contribution in [0.5, 0.6) is 0 Å². The summed E-state index contributed by atoms with van der Waals surface area (Å²) in [6.07, 6.45) is -13.3. The van der Waals surface area contributed by atoms with Gasteiger partial charge in [-0.05, 0) is 11.6 Å². The number of halogens is 13. The third-order valence-corrected chi connectivity index (χ3v) is 2.37. The van der Waals surface area contributed by atoms with Gasteiger partial charge in [0.15, 0.2) is 0 Å². The second kappa shape index (κ2) is 4.22. The lowest BCUT2D eigenvalue weighted by molar-refractivity contribution is -0.590. The third kappa shape index (κ3) is 2.30. The maximum atomic E-state index is 12.9. The lowest BCUT2D eigenvalue weighted by atomic mass is 10.2. The summed E-state index contributed by atoms with van der Waals surface area (Å²) >= 11 is 3.58. The largest absolute Gasteiger partial charge is 0.439 e. The first-order valence-electron chi connectivity index (χ1n) is 4.29. The van der Waals surface area contributed by atoms with Crippen molar-refractivity contribution in [1.29, 1.82) is 0 Å². The van der Waals surface area contributed by atoms with Gasteiger partial charge in [-0.15, -0.1) is 0 Å². The van der Waals surface area contributed by atoms with Gasteiger partial charge in [0.25, 0.3) is 0 Å². The van der Waals surface area contributed by atoms with Crippen molar-refractivity contribution >= 4 is 11.6 Å². The molecule has 0 unspecified atom stereocenters. The van der Waals surface area contributed by atoms with Crippen molar-refractivity contribution in [3.05, 3.63) is 0 Å². The molecule has 0 aromatic rings. The number of hydrogen-bond acceptors (Lipinski definition) is 2. The molecule has 15 heteroatoms. The highest BCUT2D eigenvalue weighted by molar-refractivity contribution is 6.22. The Hall–Kier alpha value is -0.630. The Balaban J connectivity index is 3.63. The van der Waals surface area contributed by atoms with E-state index in [9.17, 15) is 52.7 Å². The molecular weight excluding hydrogens is 366 g/mol. The van der Waals surface area contributed by atoms with Gasteiger partial charge in [-0.25, -0.2) is 4.74 Å². The van der Waals surface area contributed by atoms with Crippen LogP contribution < -0.4 is 0 Å². The molecule has 126 valence electrons. The topological polar surface area (TPSA) is 12.5 Å². The van der Waals surface area contributed by atoms with Gasteiger partial charge >= 0.3 is 35.7 Å². The van der Waals surface area contributed by atoms with E-state index in [4.69, 9.17) is 0 Å². The van der Waals surface area contributed by atoms with Gasteiger partial charge in [0.05, 0.1) is 0 Å². The van der Waals surface area contributed by atoms with Gasteiger partial charge in [-0.1, -0.05) is 4.90 Å². The maximum Gasteiger partial charge on any atom is 0.439 e. The van der Waals surface area contributed by atoms with E-state index in [2.05, 4.69) is 11.6 Å². The Labute approximate surface area is 111 Å². The minimum absolute atomic E-state index is 1.80. The zero-order valence-corrected chi connectivity index (χ0v) is 9.52. The quantitative estimate of drug-likeness (QED) is 0.415. The van der Waals surface area contributed by atoms with Crippen molar-refractivity contribution in [3.8, 4) is 0 Å². The molecule has 0 radical (unpaired) electrons. The summed E-state index contributed by atoms with van der Waals surface area (Å²) in [6.45, 7) is 0. The Kier molecular flexibility index (Phi) is 3.70. The lowest BCUT2D eigenvalue weighted by Gasteiger charge is -2.49. The van der Waals surface area contributed by atoms with E-state index in [1.807, 2.05) is 0 Å². The Bertz CT molecular complexity index is 393. The number of ether oxygens (including phenoxy) is 1. The minimum Gasteiger partial charge on any atom is -0.243 e. The second-order valence-corrected chi connectivity index (χ2v) is 4.07. The second-order valence-electron chi connectivity index (χ2n) is 3.59. The summed E-state index contributed by atoms with van der Waals surface area (Å²) in [5.74, 6) is 0. The summed E-state index contributed by atoms with van der Waals surface area (Å²) in [4.78, 5) is -3.66. The first kappa shape index (κ1) is 18.4. The van der Waals surface area contributed by atoms with Gasteiger partial charge in [0.1, 0.15) is 0 Å². The highest BCUT2D eigenvalue weighted by Crippen LogP contribution is 2.61. The lowest BCUT2D eigenvalue weighted by Crippen LogP contribution is -2.79. The standard InChI is InChI=1S/C6ClF12NO/c7-1(8,9)2(10,11)20-3(12,13)5(16,17)21-6(18,19)4(20,14)15. The van der Waals surface area contributed by atoms with Crippen LogP contribution in [-0.4, -0.2) is 40.6 Å². The summed E-state index contributed by atoms with van der Waals surface area (Å²) in [5.41, 5.74) is 0. The number of rotatable bonds is 2. The number of morpholine rings is 1. The molecule has 0 aromatic carbocycles. The van der Waals surface area contributed by atoms with Crippen molar-refractivity contribution in [3.63, 3.8) is 0 Å². The number of nitrogens with zero attached hydrogens (tertiary/aromatic N) is 1. The van der Waals surface area contributed by atoms with E-state index in [-0.39, 0.29) is 0 Å². The predicted molar refractivity (Wildman–Crippen MR) is 38.5 cm³/mol. The molecule has 1 heterocycles. The summed E-state index contributed by atoms with van der Waals surface area (Å²) in [6, 6.07) is -20.9. The Morgan fingerprint density at radius 1 is 0.714 bits per heavy atom. The fraction of sp³-hybridized carbons (Fsp3) is 1.00. The molecule has 21 heavy (non-hydrogen) atoms. The molecule has 0 amide bonds. The Morgan fingerprint density at radius 3 is 1.24 bits per heavy atom. The van der Waals surface area contributed by atoms with Gasteiger partial charge in [0, 0.05) is 0 Å². The fourth-order valence-corrected chi connectivity index (χ4v) is 1.28. The maximum absolute atomic E-state index is 12.9. The van der Waals surface area contributed by atoms with Crippen LogP contribution >= 0.6 is 11.6 Å². The summed E-state index contributed by atoms with van der Waals surface area (Å²) < 4.78 is 154. The van der Waals surface area contributed by atoms with E-state index in [1.54, 1.807) is 4.74 Å². The smallest absolute Gasteiger partial charge is 0.243 e. The molecule has 1 aliphatic heterocycles. The minimum atomic E-state index is -6.99. The van der Waals surface area contributed by atoms with Gasteiger partial charge < -0.3 is 0 Å². The van der Waals surface area contributed by atoms with E-state index >= 15 is 0 Å². The SMILES string of the molecule is FC(F)(Cl)C(F)(F)N1C(F)(F)C(F)(F)OC(F)(F)C1(F)F. The molecule has 0 saturated carbocycles.